The third kappa shape index (κ3) is 16.1. The van der Waals surface area contributed by atoms with Gasteiger partial charge in [0.05, 0.1) is 13.0 Å². The highest BCUT2D eigenvalue weighted by atomic mass is 32.2. The molecule has 29 heavy (non-hydrogen) atoms. The van der Waals surface area contributed by atoms with Gasteiger partial charge in [-0.25, -0.2) is 0 Å². The summed E-state index contributed by atoms with van der Waals surface area (Å²) in [7, 11) is -4.75. The molecule has 170 valence electrons. The predicted octanol–water partition coefficient (Wildman–Crippen LogP) is 4.61. The number of hydrogen-bond acceptors (Lipinski definition) is 6. The Labute approximate surface area is 176 Å². The van der Waals surface area contributed by atoms with Crippen LogP contribution in [0.25, 0.3) is 0 Å². The number of carbonyl (C=O) groups excluding carboxylic acids is 2. The van der Waals surface area contributed by atoms with Crippen LogP contribution in [-0.4, -0.2) is 43.4 Å². The van der Waals surface area contributed by atoms with E-state index in [0.717, 1.165) is 19.3 Å². The van der Waals surface area contributed by atoms with Crippen LogP contribution in [0, 0.1) is 0 Å². The molecule has 0 heterocycles. The van der Waals surface area contributed by atoms with E-state index in [1.807, 2.05) is 0 Å². The first-order valence-corrected chi connectivity index (χ1v) is 12.2. The van der Waals surface area contributed by atoms with Crippen LogP contribution < -0.4 is 0 Å². The Morgan fingerprint density at radius 2 is 1.38 bits per heavy atom. The summed E-state index contributed by atoms with van der Waals surface area (Å²) in [6.07, 6.45) is 14.5. The first kappa shape index (κ1) is 27.6. The molecule has 8 heteroatoms. The number of hydrogen-bond donors (Lipinski definition) is 1. The third-order valence-corrected chi connectivity index (χ3v) is 5.66. The number of rotatable bonds is 19. The van der Waals surface area contributed by atoms with Crippen molar-refractivity contribution in [2.24, 2.45) is 0 Å². The van der Waals surface area contributed by atoms with Crippen molar-refractivity contribution in [1.29, 1.82) is 0 Å². The molecule has 0 aromatic rings. The van der Waals surface area contributed by atoms with Crippen LogP contribution in [0.1, 0.15) is 90.4 Å². The average molecular weight is 435 g/mol. The smallest absolute Gasteiger partial charge is 0.327 e. The molecule has 0 aliphatic rings. The summed E-state index contributed by atoms with van der Waals surface area (Å²) < 4.78 is 41.4. The van der Waals surface area contributed by atoms with E-state index in [0.29, 0.717) is 6.42 Å². The molecule has 0 aromatic carbocycles. The van der Waals surface area contributed by atoms with Gasteiger partial charge in [0.25, 0.3) is 10.1 Å². The highest BCUT2D eigenvalue weighted by molar-refractivity contribution is 7.87. The Hall–Kier alpha value is -1.41. The van der Waals surface area contributed by atoms with Crippen molar-refractivity contribution in [3.63, 3.8) is 0 Å². The van der Waals surface area contributed by atoms with Crippen LogP contribution in [0.4, 0.5) is 0 Å². The normalized spacial score (nSPS) is 12.3. The van der Waals surface area contributed by atoms with Crippen molar-refractivity contribution in [1.82, 2.24) is 0 Å². The zero-order valence-corrected chi connectivity index (χ0v) is 18.6. The van der Waals surface area contributed by atoms with Gasteiger partial charge in [-0.3, -0.25) is 14.1 Å². The molecule has 0 aromatic heterocycles. The highest BCUT2D eigenvalue weighted by Crippen LogP contribution is 2.13. The van der Waals surface area contributed by atoms with Crippen LogP contribution in [0.5, 0.6) is 0 Å². The molecule has 0 rings (SSSR count). The van der Waals surface area contributed by atoms with Crippen LogP contribution in [0.2, 0.25) is 0 Å². The van der Waals surface area contributed by atoms with Gasteiger partial charge >= 0.3 is 11.9 Å². The largest absolute Gasteiger partial charge is 0.465 e. The molecule has 1 unspecified atom stereocenters. The molecule has 0 fully saturated rings. The molecule has 1 atom stereocenters. The summed E-state index contributed by atoms with van der Waals surface area (Å²) in [4.78, 5) is 23.4. The lowest BCUT2D eigenvalue weighted by Gasteiger charge is -2.12. The van der Waals surface area contributed by atoms with E-state index in [1.165, 1.54) is 57.4 Å². The average Bonchev–Trinajstić information content (AvgIpc) is 2.67. The SMILES string of the molecule is C=CCOC(=O)CC(C(=O)OCCCCCCCCCCCCCC)S(=O)(=O)O. The van der Waals surface area contributed by atoms with E-state index in [1.54, 1.807) is 0 Å². The predicted molar refractivity (Wildman–Crippen MR) is 113 cm³/mol. The van der Waals surface area contributed by atoms with Crippen LogP contribution >= 0.6 is 0 Å². The minimum atomic E-state index is -4.75. The first-order valence-electron chi connectivity index (χ1n) is 10.7. The zero-order valence-electron chi connectivity index (χ0n) is 17.8. The fourth-order valence-corrected chi connectivity index (χ4v) is 3.54. The Morgan fingerprint density at radius 1 is 0.897 bits per heavy atom. The maximum Gasteiger partial charge on any atom is 0.327 e. The molecule has 0 amide bonds. The van der Waals surface area contributed by atoms with Gasteiger partial charge in [-0.05, 0) is 6.42 Å². The Balaban J connectivity index is 3.86. The molecule has 7 nitrogen and oxygen atoms in total. The van der Waals surface area contributed by atoms with E-state index >= 15 is 0 Å². The molecular formula is C21H38O7S. The quantitative estimate of drug-likeness (QED) is 0.137. The zero-order chi connectivity index (χ0) is 22.0. The van der Waals surface area contributed by atoms with Crippen molar-refractivity contribution in [2.75, 3.05) is 13.2 Å². The lowest BCUT2D eigenvalue weighted by atomic mass is 10.1. The second-order valence-corrected chi connectivity index (χ2v) is 8.83. The van der Waals surface area contributed by atoms with E-state index in [4.69, 9.17) is 9.29 Å². The van der Waals surface area contributed by atoms with E-state index in [9.17, 15) is 18.0 Å². The minimum absolute atomic E-state index is 0.0595. The lowest BCUT2D eigenvalue weighted by Crippen LogP contribution is -2.34. The van der Waals surface area contributed by atoms with E-state index in [2.05, 4.69) is 18.2 Å². The number of esters is 2. The van der Waals surface area contributed by atoms with Crippen molar-refractivity contribution in [2.45, 2.75) is 95.6 Å². The molecule has 0 saturated heterocycles. The first-order chi connectivity index (χ1) is 13.8. The molecule has 1 N–H and O–H groups in total. The summed E-state index contributed by atoms with van der Waals surface area (Å²) >= 11 is 0. The van der Waals surface area contributed by atoms with Crippen molar-refractivity contribution in [3.05, 3.63) is 12.7 Å². The number of ether oxygens (including phenoxy) is 2. The van der Waals surface area contributed by atoms with Crippen LogP contribution in [0.15, 0.2) is 12.7 Å². The molecule has 0 radical (unpaired) electrons. The number of unbranched alkanes of at least 4 members (excludes halogenated alkanes) is 11. The monoisotopic (exact) mass is 434 g/mol. The standard InChI is InChI=1S/C21H38O7S/c1-3-5-6-7-8-9-10-11-12-13-14-15-17-28-21(23)19(29(24,25)26)18-20(22)27-16-4-2/h4,19H,2-3,5-18H2,1H3,(H,24,25,26). The molecule has 0 aliphatic heterocycles. The van der Waals surface area contributed by atoms with Gasteiger partial charge in [0, 0.05) is 0 Å². The van der Waals surface area contributed by atoms with Gasteiger partial charge in [-0.1, -0.05) is 90.2 Å². The van der Waals surface area contributed by atoms with Gasteiger partial charge in [-0.15, -0.1) is 0 Å². The van der Waals surface area contributed by atoms with Crippen molar-refractivity contribution in [3.8, 4) is 0 Å². The molecule has 0 aliphatic carbocycles. The summed E-state index contributed by atoms with van der Waals surface area (Å²) in [5.41, 5.74) is 0. The van der Waals surface area contributed by atoms with E-state index < -0.39 is 33.7 Å². The van der Waals surface area contributed by atoms with Gasteiger partial charge in [0.15, 0.2) is 5.25 Å². The van der Waals surface area contributed by atoms with Gasteiger partial charge in [0.1, 0.15) is 6.61 Å². The van der Waals surface area contributed by atoms with Crippen molar-refractivity contribution < 1.29 is 32.0 Å². The molecule has 0 bridgehead atoms. The Bertz CT molecular complexity index is 557. The lowest BCUT2D eigenvalue weighted by molar-refractivity contribution is -0.149. The van der Waals surface area contributed by atoms with Gasteiger partial charge in [0.2, 0.25) is 0 Å². The Kier molecular flexibility index (Phi) is 16.6. The Morgan fingerprint density at radius 3 is 1.83 bits per heavy atom. The molecule has 0 spiro atoms. The summed E-state index contributed by atoms with van der Waals surface area (Å²) in [6.45, 7) is 5.53. The maximum absolute atomic E-state index is 11.9. The second kappa shape index (κ2) is 17.4. The van der Waals surface area contributed by atoms with E-state index in [-0.39, 0.29) is 13.2 Å². The third-order valence-electron chi connectivity index (χ3n) is 4.58. The molecule has 0 saturated carbocycles. The van der Waals surface area contributed by atoms with Crippen LogP contribution in [0.3, 0.4) is 0 Å². The maximum atomic E-state index is 11.9. The molecular weight excluding hydrogens is 396 g/mol. The highest BCUT2D eigenvalue weighted by Gasteiger charge is 2.35. The van der Waals surface area contributed by atoms with Crippen molar-refractivity contribution >= 4 is 22.1 Å². The second-order valence-electron chi connectivity index (χ2n) is 7.24. The number of carbonyl (C=O) groups is 2. The van der Waals surface area contributed by atoms with Gasteiger partial charge in [-0.2, -0.15) is 8.42 Å². The van der Waals surface area contributed by atoms with Crippen LogP contribution in [-0.2, 0) is 29.2 Å². The fourth-order valence-electron chi connectivity index (χ4n) is 2.88. The fraction of sp³-hybridized carbons (Fsp3) is 0.810. The van der Waals surface area contributed by atoms with Gasteiger partial charge < -0.3 is 9.47 Å². The summed E-state index contributed by atoms with van der Waals surface area (Å²) in [6, 6.07) is 0. The summed E-state index contributed by atoms with van der Waals surface area (Å²) in [5, 5.41) is -1.96. The summed E-state index contributed by atoms with van der Waals surface area (Å²) in [5.74, 6) is -2.05. The topological polar surface area (TPSA) is 107 Å². The minimum Gasteiger partial charge on any atom is -0.465 e.